The smallest absolute Gasteiger partial charge is 0.339 e. The van der Waals surface area contributed by atoms with Crippen LogP contribution in [0.15, 0.2) is 48.6 Å². The van der Waals surface area contributed by atoms with E-state index in [0.29, 0.717) is 10.6 Å². The lowest BCUT2D eigenvalue weighted by Crippen LogP contribution is -2.00. The van der Waals surface area contributed by atoms with Crippen LogP contribution in [0, 0.1) is 0 Å². The maximum atomic E-state index is 11.3. The number of fused-ring (bicyclic) bond motifs is 1. The molecule has 0 atom stereocenters. The first kappa shape index (κ1) is 13.1. The Balaban J connectivity index is 2.56. The quantitative estimate of drug-likeness (QED) is 0.818. The Morgan fingerprint density at radius 3 is 2.05 bits per heavy atom. The summed E-state index contributed by atoms with van der Waals surface area (Å²) in [6.07, 6.45) is 18.6. The summed E-state index contributed by atoms with van der Waals surface area (Å²) in [5.41, 5.74) is 6.60. The van der Waals surface area contributed by atoms with Crippen molar-refractivity contribution in [1.82, 2.24) is 0 Å². The summed E-state index contributed by atoms with van der Waals surface area (Å²) < 4.78 is 0. The van der Waals surface area contributed by atoms with Crippen LogP contribution < -0.4 is 5.73 Å². The number of carboxylic acid groups (broad SMARTS) is 1. The highest BCUT2D eigenvalue weighted by Crippen LogP contribution is 2.33. The Morgan fingerprint density at radius 1 is 0.947 bits per heavy atom. The molecule has 96 valence electrons. The minimum atomic E-state index is -1.00. The van der Waals surface area contributed by atoms with Crippen molar-refractivity contribution < 1.29 is 9.90 Å². The van der Waals surface area contributed by atoms with Gasteiger partial charge in [-0.2, -0.15) is 0 Å². The highest BCUT2D eigenvalue weighted by Gasteiger charge is 2.18. The predicted octanol–water partition coefficient (Wildman–Crippen LogP) is 3.74. The second-order valence-electron chi connectivity index (χ2n) is 3.80. The van der Waals surface area contributed by atoms with Crippen LogP contribution in [-0.4, -0.2) is 11.1 Å². The van der Waals surface area contributed by atoms with Crippen LogP contribution in [-0.2, 0) is 0 Å². The number of thiophene rings is 1. The van der Waals surface area contributed by atoms with Gasteiger partial charge in [-0.15, -0.1) is 11.3 Å². The molecule has 0 unspecified atom stereocenters. The zero-order valence-corrected chi connectivity index (χ0v) is 10.9. The van der Waals surface area contributed by atoms with Crippen molar-refractivity contribution in [3.63, 3.8) is 0 Å². The monoisotopic (exact) mass is 271 g/mol. The molecule has 0 bridgehead atoms. The van der Waals surface area contributed by atoms with Crippen molar-refractivity contribution in [2.24, 2.45) is 0 Å². The molecule has 0 fully saturated rings. The van der Waals surface area contributed by atoms with E-state index in [4.69, 9.17) is 5.73 Å². The average molecular weight is 271 g/mol. The van der Waals surface area contributed by atoms with E-state index in [9.17, 15) is 9.90 Å². The Hall–Kier alpha value is -2.33. The van der Waals surface area contributed by atoms with Crippen molar-refractivity contribution in [3.8, 4) is 0 Å². The van der Waals surface area contributed by atoms with Gasteiger partial charge in [0.1, 0.15) is 10.6 Å². The molecule has 0 aromatic carbocycles. The van der Waals surface area contributed by atoms with E-state index >= 15 is 0 Å². The Bertz CT molecular complexity index is 631. The van der Waals surface area contributed by atoms with E-state index in [-0.39, 0.29) is 5.56 Å². The topological polar surface area (TPSA) is 63.3 Å². The maximum absolute atomic E-state index is 11.3. The van der Waals surface area contributed by atoms with Gasteiger partial charge in [-0.1, -0.05) is 54.7 Å². The van der Waals surface area contributed by atoms with Gasteiger partial charge in [0.25, 0.3) is 0 Å². The zero-order valence-electron chi connectivity index (χ0n) is 10.1. The first-order valence-electron chi connectivity index (χ1n) is 5.70. The summed E-state index contributed by atoms with van der Waals surface area (Å²) in [6.45, 7) is 0. The SMILES string of the molecule is Nc1sc2c(c1C(=O)O)C=CC=CC=CC=CC=C2. The van der Waals surface area contributed by atoms with Crippen molar-refractivity contribution in [3.05, 3.63) is 64.6 Å². The standard InChI is InChI=1S/C15H13NO2S/c16-14-13(15(17)18)11-9-7-5-3-1-2-4-6-8-10-12(11)19-14/h1-10H,16H2,(H,17,18). The number of nitrogen functional groups attached to an aromatic ring is 1. The minimum absolute atomic E-state index is 0.172. The minimum Gasteiger partial charge on any atom is -0.478 e. The number of anilines is 1. The van der Waals surface area contributed by atoms with Gasteiger partial charge >= 0.3 is 5.97 Å². The molecule has 1 aromatic heterocycles. The molecular weight excluding hydrogens is 258 g/mol. The van der Waals surface area contributed by atoms with Gasteiger partial charge in [-0.05, 0) is 6.08 Å². The second kappa shape index (κ2) is 6.02. The Morgan fingerprint density at radius 2 is 1.47 bits per heavy atom. The summed E-state index contributed by atoms with van der Waals surface area (Å²) in [5, 5.41) is 9.55. The second-order valence-corrected chi connectivity index (χ2v) is 4.88. The van der Waals surface area contributed by atoms with Gasteiger partial charge in [-0.25, -0.2) is 4.79 Å². The fourth-order valence-electron chi connectivity index (χ4n) is 1.67. The van der Waals surface area contributed by atoms with Gasteiger partial charge in [0.2, 0.25) is 0 Å². The van der Waals surface area contributed by atoms with E-state index in [1.165, 1.54) is 11.3 Å². The zero-order chi connectivity index (χ0) is 13.7. The average Bonchev–Trinajstić information content (AvgIpc) is 2.65. The molecule has 19 heavy (non-hydrogen) atoms. The molecule has 0 saturated carbocycles. The van der Waals surface area contributed by atoms with Crippen LogP contribution in [0.5, 0.6) is 0 Å². The summed E-state index contributed by atoms with van der Waals surface area (Å²) in [5.74, 6) is -1.00. The van der Waals surface area contributed by atoms with E-state index in [1.807, 2.05) is 48.6 Å². The normalized spacial score (nSPS) is 13.9. The first-order chi connectivity index (χ1) is 9.20. The first-order valence-corrected chi connectivity index (χ1v) is 6.52. The fraction of sp³-hybridized carbons (Fsp3) is 0. The fourth-order valence-corrected chi connectivity index (χ4v) is 2.63. The van der Waals surface area contributed by atoms with Crippen molar-refractivity contribution in [1.29, 1.82) is 0 Å². The van der Waals surface area contributed by atoms with Gasteiger partial charge in [0.05, 0.1) is 0 Å². The molecule has 4 heteroatoms. The number of aromatic carboxylic acids is 1. The van der Waals surface area contributed by atoms with E-state index in [0.717, 1.165) is 4.88 Å². The molecule has 0 saturated heterocycles. The maximum Gasteiger partial charge on any atom is 0.339 e. The van der Waals surface area contributed by atoms with Crippen LogP contribution in [0.25, 0.3) is 12.2 Å². The molecule has 3 N–H and O–H groups in total. The number of carboxylic acids is 1. The lowest BCUT2D eigenvalue weighted by Gasteiger charge is -1.96. The third kappa shape index (κ3) is 3.11. The van der Waals surface area contributed by atoms with Crippen LogP contribution >= 0.6 is 11.3 Å². The molecular formula is C15H13NO2S. The molecule has 1 aliphatic carbocycles. The van der Waals surface area contributed by atoms with Crippen molar-refractivity contribution in [2.45, 2.75) is 0 Å². The number of hydrogen-bond acceptors (Lipinski definition) is 3. The van der Waals surface area contributed by atoms with Crippen LogP contribution in [0.3, 0.4) is 0 Å². The highest BCUT2D eigenvalue weighted by molar-refractivity contribution is 7.17. The predicted molar refractivity (Wildman–Crippen MR) is 81.2 cm³/mol. The number of carbonyl (C=O) groups is 1. The van der Waals surface area contributed by atoms with Crippen LogP contribution in [0.1, 0.15) is 20.8 Å². The molecule has 1 heterocycles. The van der Waals surface area contributed by atoms with Crippen LogP contribution in [0.4, 0.5) is 5.00 Å². The molecule has 3 nitrogen and oxygen atoms in total. The number of hydrogen-bond donors (Lipinski definition) is 2. The highest BCUT2D eigenvalue weighted by atomic mass is 32.1. The van der Waals surface area contributed by atoms with Gasteiger partial charge in [0, 0.05) is 10.4 Å². The molecule has 0 spiro atoms. The molecule has 1 aliphatic rings. The molecule has 0 radical (unpaired) electrons. The van der Waals surface area contributed by atoms with Crippen LogP contribution in [0.2, 0.25) is 0 Å². The third-order valence-electron chi connectivity index (χ3n) is 2.50. The van der Waals surface area contributed by atoms with Gasteiger partial charge in [-0.3, -0.25) is 0 Å². The summed E-state index contributed by atoms with van der Waals surface area (Å²) in [4.78, 5) is 12.1. The number of allylic oxidation sites excluding steroid dienone is 8. The molecule has 0 aliphatic heterocycles. The summed E-state index contributed by atoms with van der Waals surface area (Å²) in [7, 11) is 0. The summed E-state index contributed by atoms with van der Waals surface area (Å²) in [6, 6.07) is 0. The van der Waals surface area contributed by atoms with Crippen molar-refractivity contribution in [2.75, 3.05) is 5.73 Å². The number of nitrogens with two attached hydrogens (primary N) is 1. The van der Waals surface area contributed by atoms with Gasteiger partial charge in [0.15, 0.2) is 0 Å². The largest absolute Gasteiger partial charge is 0.478 e. The van der Waals surface area contributed by atoms with E-state index in [1.54, 1.807) is 12.2 Å². The Kier molecular flexibility index (Phi) is 4.15. The molecule has 1 aromatic rings. The lowest BCUT2D eigenvalue weighted by atomic mass is 10.1. The molecule has 0 amide bonds. The van der Waals surface area contributed by atoms with E-state index < -0.39 is 5.97 Å². The van der Waals surface area contributed by atoms with Gasteiger partial charge < -0.3 is 10.8 Å². The number of rotatable bonds is 1. The molecule has 2 rings (SSSR count). The van der Waals surface area contributed by atoms with E-state index in [2.05, 4.69) is 0 Å². The lowest BCUT2D eigenvalue weighted by molar-refractivity contribution is 0.0698. The summed E-state index contributed by atoms with van der Waals surface area (Å²) >= 11 is 1.28. The van der Waals surface area contributed by atoms with Crippen molar-refractivity contribution >= 4 is 34.5 Å². The third-order valence-corrected chi connectivity index (χ3v) is 3.50. The Labute approximate surface area is 115 Å².